The third-order valence-electron chi connectivity index (χ3n) is 4.01. The number of hydrogen-bond donors (Lipinski definition) is 3. The quantitative estimate of drug-likeness (QED) is 0.677. The molecule has 28 heavy (non-hydrogen) atoms. The number of halogens is 3. The van der Waals surface area contributed by atoms with E-state index in [1.165, 1.54) is 50.4 Å². The SMILES string of the molecule is CNS(=O)(=O)c1cccc(CNC(=O)NC(C)c2ccccc2C(F)(F)F)c1. The molecule has 0 aliphatic heterocycles. The summed E-state index contributed by atoms with van der Waals surface area (Å²) in [5, 5.41) is 4.96. The number of benzene rings is 2. The Kier molecular flexibility index (Phi) is 6.68. The summed E-state index contributed by atoms with van der Waals surface area (Å²) in [6, 6.07) is 9.41. The zero-order valence-electron chi connectivity index (χ0n) is 15.2. The zero-order chi connectivity index (χ0) is 20.9. The van der Waals surface area contributed by atoms with Crippen LogP contribution in [0.25, 0.3) is 0 Å². The van der Waals surface area contributed by atoms with Gasteiger partial charge in [0, 0.05) is 6.54 Å². The minimum Gasteiger partial charge on any atom is -0.334 e. The average Bonchev–Trinajstić information content (AvgIpc) is 2.66. The predicted molar refractivity (Wildman–Crippen MR) is 97.9 cm³/mol. The highest BCUT2D eigenvalue weighted by Gasteiger charge is 2.34. The van der Waals surface area contributed by atoms with E-state index in [9.17, 15) is 26.4 Å². The highest BCUT2D eigenvalue weighted by Crippen LogP contribution is 2.34. The number of urea groups is 1. The fraction of sp³-hybridized carbons (Fsp3) is 0.278. The number of carbonyl (C=O) groups is 1. The first kappa shape index (κ1) is 21.7. The first-order valence-corrected chi connectivity index (χ1v) is 9.76. The van der Waals surface area contributed by atoms with E-state index in [1.54, 1.807) is 6.07 Å². The number of sulfonamides is 1. The van der Waals surface area contributed by atoms with Gasteiger partial charge in [-0.2, -0.15) is 13.2 Å². The Hall–Kier alpha value is -2.59. The number of rotatable bonds is 6. The molecule has 2 aromatic rings. The second-order valence-corrected chi connectivity index (χ2v) is 7.88. The maximum atomic E-state index is 13.1. The molecule has 2 aromatic carbocycles. The van der Waals surface area contributed by atoms with Crippen molar-refractivity contribution in [3.63, 3.8) is 0 Å². The summed E-state index contributed by atoms with van der Waals surface area (Å²) in [5.74, 6) is 0. The van der Waals surface area contributed by atoms with E-state index in [4.69, 9.17) is 0 Å². The molecule has 6 nitrogen and oxygen atoms in total. The molecule has 152 valence electrons. The maximum Gasteiger partial charge on any atom is 0.416 e. The van der Waals surface area contributed by atoms with Crippen molar-refractivity contribution in [2.45, 2.75) is 30.6 Å². The molecule has 0 saturated carbocycles. The van der Waals surface area contributed by atoms with E-state index in [2.05, 4.69) is 15.4 Å². The molecule has 3 N–H and O–H groups in total. The van der Waals surface area contributed by atoms with Crippen LogP contribution in [0.4, 0.5) is 18.0 Å². The number of nitrogens with one attached hydrogen (secondary N) is 3. The first-order valence-electron chi connectivity index (χ1n) is 8.27. The van der Waals surface area contributed by atoms with Gasteiger partial charge in [-0.1, -0.05) is 30.3 Å². The number of alkyl halides is 3. The van der Waals surface area contributed by atoms with Crippen molar-refractivity contribution in [2.24, 2.45) is 0 Å². The molecule has 0 radical (unpaired) electrons. The van der Waals surface area contributed by atoms with Gasteiger partial charge in [0.25, 0.3) is 0 Å². The molecular weight excluding hydrogens is 395 g/mol. The van der Waals surface area contributed by atoms with E-state index in [0.717, 1.165) is 6.07 Å². The monoisotopic (exact) mass is 415 g/mol. The highest BCUT2D eigenvalue weighted by atomic mass is 32.2. The third kappa shape index (κ3) is 5.46. The van der Waals surface area contributed by atoms with Gasteiger partial charge in [-0.05, 0) is 43.3 Å². The molecule has 10 heteroatoms. The molecule has 0 saturated heterocycles. The van der Waals surface area contributed by atoms with E-state index in [0.29, 0.717) is 5.56 Å². The first-order chi connectivity index (χ1) is 13.0. The van der Waals surface area contributed by atoms with Crippen molar-refractivity contribution in [2.75, 3.05) is 7.05 Å². The Bertz CT molecular complexity index is 946. The Morgan fingerprint density at radius 1 is 1.11 bits per heavy atom. The normalized spacial score (nSPS) is 13.0. The van der Waals surface area contributed by atoms with Crippen molar-refractivity contribution < 1.29 is 26.4 Å². The average molecular weight is 415 g/mol. The van der Waals surface area contributed by atoms with Gasteiger partial charge >= 0.3 is 12.2 Å². The summed E-state index contributed by atoms with van der Waals surface area (Å²) in [5.41, 5.74) is -0.338. The summed E-state index contributed by atoms with van der Waals surface area (Å²) < 4.78 is 65.1. The fourth-order valence-corrected chi connectivity index (χ4v) is 3.38. The van der Waals surface area contributed by atoms with E-state index < -0.39 is 33.8 Å². The molecule has 0 bridgehead atoms. The number of amides is 2. The molecule has 0 spiro atoms. The van der Waals surface area contributed by atoms with Gasteiger partial charge < -0.3 is 10.6 Å². The van der Waals surface area contributed by atoms with Crippen LogP contribution in [0.5, 0.6) is 0 Å². The molecule has 0 aliphatic rings. The van der Waals surface area contributed by atoms with Gasteiger partial charge in [-0.15, -0.1) is 0 Å². The predicted octanol–water partition coefficient (Wildman–Crippen LogP) is 3.17. The molecular formula is C18H20F3N3O3S. The second kappa shape index (κ2) is 8.61. The topological polar surface area (TPSA) is 87.3 Å². The van der Waals surface area contributed by atoms with Gasteiger partial charge in [-0.3, -0.25) is 0 Å². The zero-order valence-corrected chi connectivity index (χ0v) is 16.0. The van der Waals surface area contributed by atoms with Gasteiger partial charge in [0.1, 0.15) is 0 Å². The summed E-state index contributed by atoms with van der Waals surface area (Å²) in [6.07, 6.45) is -4.53. The molecule has 1 atom stereocenters. The Labute approximate surface area is 161 Å². The lowest BCUT2D eigenvalue weighted by molar-refractivity contribution is -0.138. The third-order valence-corrected chi connectivity index (χ3v) is 5.42. The second-order valence-electron chi connectivity index (χ2n) is 5.99. The fourth-order valence-electron chi connectivity index (χ4n) is 2.58. The van der Waals surface area contributed by atoms with Crippen molar-refractivity contribution in [1.82, 2.24) is 15.4 Å². The number of hydrogen-bond acceptors (Lipinski definition) is 3. The van der Waals surface area contributed by atoms with E-state index in [1.807, 2.05) is 0 Å². The van der Waals surface area contributed by atoms with Crippen molar-refractivity contribution >= 4 is 16.1 Å². The standard InChI is InChI=1S/C18H20F3N3O3S/c1-12(15-8-3-4-9-16(15)18(19,20)21)24-17(25)23-11-13-6-5-7-14(10-13)28(26,27)22-2/h3-10,12,22H,11H2,1-2H3,(H2,23,24,25). The van der Waals surface area contributed by atoms with Crippen molar-refractivity contribution in [1.29, 1.82) is 0 Å². The van der Waals surface area contributed by atoms with Gasteiger partial charge in [0.05, 0.1) is 16.5 Å². The maximum absolute atomic E-state index is 13.1. The van der Waals surface area contributed by atoms with Gasteiger partial charge in [-0.25, -0.2) is 17.9 Å². The van der Waals surface area contributed by atoms with Gasteiger partial charge in [0.15, 0.2) is 0 Å². The van der Waals surface area contributed by atoms with E-state index >= 15 is 0 Å². The van der Waals surface area contributed by atoms with Crippen LogP contribution >= 0.6 is 0 Å². The minimum absolute atomic E-state index is 0.00649. The van der Waals surface area contributed by atoms with Crippen LogP contribution < -0.4 is 15.4 Å². The van der Waals surface area contributed by atoms with Crippen LogP contribution in [0.1, 0.15) is 29.7 Å². The summed E-state index contributed by atoms with van der Waals surface area (Å²) in [7, 11) is -2.33. The van der Waals surface area contributed by atoms with Crippen molar-refractivity contribution in [3.8, 4) is 0 Å². The van der Waals surface area contributed by atoms with Crippen LogP contribution in [0, 0.1) is 0 Å². The van der Waals surface area contributed by atoms with Crippen LogP contribution in [0.3, 0.4) is 0 Å². The minimum atomic E-state index is -4.53. The Morgan fingerprint density at radius 2 is 1.79 bits per heavy atom. The van der Waals surface area contributed by atoms with Crippen LogP contribution in [0.2, 0.25) is 0 Å². The largest absolute Gasteiger partial charge is 0.416 e. The van der Waals surface area contributed by atoms with Crippen LogP contribution in [-0.2, 0) is 22.7 Å². The molecule has 0 fully saturated rings. The lowest BCUT2D eigenvalue weighted by Crippen LogP contribution is -2.37. The van der Waals surface area contributed by atoms with Crippen LogP contribution in [-0.4, -0.2) is 21.5 Å². The lowest BCUT2D eigenvalue weighted by Gasteiger charge is -2.19. The van der Waals surface area contributed by atoms with Crippen LogP contribution in [0.15, 0.2) is 53.4 Å². The summed E-state index contributed by atoms with van der Waals surface area (Å²) in [4.78, 5) is 12.1. The molecule has 1 unspecified atom stereocenters. The Balaban J connectivity index is 2.03. The molecule has 0 aliphatic carbocycles. The van der Waals surface area contributed by atoms with Gasteiger partial charge in [0.2, 0.25) is 10.0 Å². The molecule has 2 amide bonds. The molecule has 0 aromatic heterocycles. The summed E-state index contributed by atoms with van der Waals surface area (Å²) in [6.45, 7) is 1.46. The van der Waals surface area contributed by atoms with E-state index in [-0.39, 0.29) is 17.0 Å². The summed E-state index contributed by atoms with van der Waals surface area (Å²) >= 11 is 0. The molecule has 2 rings (SSSR count). The Morgan fingerprint density at radius 3 is 2.43 bits per heavy atom. The van der Waals surface area contributed by atoms with Crippen molar-refractivity contribution in [3.05, 3.63) is 65.2 Å². The highest BCUT2D eigenvalue weighted by molar-refractivity contribution is 7.89. The molecule has 0 heterocycles. The number of carbonyl (C=O) groups excluding carboxylic acids is 1. The lowest BCUT2D eigenvalue weighted by atomic mass is 10.0. The smallest absolute Gasteiger partial charge is 0.334 e.